The lowest BCUT2D eigenvalue weighted by molar-refractivity contribution is -0.208. The van der Waals surface area contributed by atoms with Crippen LogP contribution in [0.1, 0.15) is 0 Å². The van der Waals surface area contributed by atoms with Crippen molar-refractivity contribution in [1.29, 1.82) is 0 Å². The number of likely N-dealkylation sites (tertiary alicyclic amines) is 1. The van der Waals surface area contributed by atoms with E-state index in [0.717, 1.165) is 0 Å². The van der Waals surface area contributed by atoms with Gasteiger partial charge in [-0.2, -0.15) is 0 Å². The minimum absolute atomic E-state index is 0.0454. The van der Waals surface area contributed by atoms with E-state index in [9.17, 15) is 4.79 Å². The van der Waals surface area contributed by atoms with Gasteiger partial charge in [0, 0.05) is 6.08 Å². The molecule has 3 rings (SSSR count). The lowest BCUT2D eigenvalue weighted by Gasteiger charge is -2.32. The molecule has 0 aromatic heterocycles. The van der Waals surface area contributed by atoms with E-state index >= 15 is 0 Å². The molecular formula is C16H25NO5Si. The van der Waals surface area contributed by atoms with Gasteiger partial charge in [-0.1, -0.05) is 37.5 Å². The molecule has 3 heterocycles. The molecule has 0 spiro atoms. The number of rotatable bonds is 3. The Morgan fingerprint density at radius 3 is 2.09 bits per heavy atom. The van der Waals surface area contributed by atoms with E-state index < -0.39 is 8.07 Å². The highest BCUT2D eigenvalue weighted by Crippen LogP contribution is 2.34. The highest BCUT2D eigenvalue weighted by molar-refractivity contribution is 6.81. The predicted molar refractivity (Wildman–Crippen MR) is 87.4 cm³/mol. The number of ether oxygens (including phenoxy) is 4. The fourth-order valence-corrected chi connectivity index (χ4v) is 3.94. The van der Waals surface area contributed by atoms with Crippen molar-refractivity contribution in [3.63, 3.8) is 0 Å². The molecule has 7 heteroatoms. The summed E-state index contributed by atoms with van der Waals surface area (Å²) in [6.45, 7) is 8.22. The number of carbonyl (C=O) groups excluding carboxylic acids is 1. The Balaban J connectivity index is 1.72. The molecule has 0 unspecified atom stereocenters. The summed E-state index contributed by atoms with van der Waals surface area (Å²) >= 11 is 0. The second-order valence-electron chi connectivity index (χ2n) is 7.20. The second-order valence-corrected chi connectivity index (χ2v) is 12.3. The van der Waals surface area contributed by atoms with Crippen LogP contribution in [0, 0.1) is 0 Å². The zero-order valence-corrected chi connectivity index (χ0v) is 14.9. The van der Waals surface area contributed by atoms with Gasteiger partial charge in [0.15, 0.2) is 0 Å². The molecule has 1 amide bonds. The monoisotopic (exact) mass is 339 g/mol. The fraction of sp³-hybridized carbons (Fsp3) is 0.688. The van der Waals surface area contributed by atoms with Crippen molar-refractivity contribution >= 4 is 14.0 Å². The van der Waals surface area contributed by atoms with Gasteiger partial charge in [-0.15, -0.1) is 0 Å². The Labute approximate surface area is 138 Å². The maximum atomic E-state index is 12.7. The summed E-state index contributed by atoms with van der Waals surface area (Å²) in [5, 5.41) is 0. The van der Waals surface area contributed by atoms with Crippen molar-refractivity contribution in [2.75, 3.05) is 26.8 Å². The molecular weight excluding hydrogens is 314 g/mol. The highest BCUT2D eigenvalue weighted by atomic mass is 28.3. The normalized spacial score (nSPS) is 34.8. The Morgan fingerprint density at radius 2 is 1.57 bits per heavy atom. The molecule has 3 fully saturated rings. The van der Waals surface area contributed by atoms with Gasteiger partial charge in [0.1, 0.15) is 25.8 Å². The first-order valence-corrected chi connectivity index (χ1v) is 11.6. The van der Waals surface area contributed by atoms with E-state index in [4.69, 9.17) is 18.9 Å². The predicted octanol–water partition coefficient (Wildman–Crippen LogP) is 1.30. The third-order valence-electron chi connectivity index (χ3n) is 4.26. The quantitative estimate of drug-likeness (QED) is 0.441. The van der Waals surface area contributed by atoms with Crippen molar-refractivity contribution < 1.29 is 23.7 Å². The molecule has 3 saturated heterocycles. The minimum Gasteiger partial charge on any atom is -0.353 e. The van der Waals surface area contributed by atoms with Crippen LogP contribution < -0.4 is 0 Å². The lowest BCUT2D eigenvalue weighted by Crippen LogP contribution is -2.49. The Bertz CT molecular complexity index is 479. The van der Waals surface area contributed by atoms with Gasteiger partial charge < -0.3 is 23.8 Å². The van der Waals surface area contributed by atoms with Crippen LogP contribution in [0.25, 0.3) is 0 Å². The molecule has 0 saturated carbocycles. The average Bonchev–Trinajstić information content (AvgIpc) is 2.85. The number of carbonyl (C=O) groups is 1. The summed E-state index contributed by atoms with van der Waals surface area (Å²) in [5.74, 6) is -0.0454. The Hall–Kier alpha value is -0.993. The van der Waals surface area contributed by atoms with Crippen LogP contribution in [-0.4, -0.2) is 70.0 Å². The van der Waals surface area contributed by atoms with E-state index in [-0.39, 0.29) is 43.8 Å². The van der Waals surface area contributed by atoms with Crippen molar-refractivity contribution in [2.45, 2.75) is 43.9 Å². The minimum atomic E-state index is -1.25. The van der Waals surface area contributed by atoms with Crippen molar-refractivity contribution in [3.8, 4) is 0 Å². The first-order chi connectivity index (χ1) is 11.0. The van der Waals surface area contributed by atoms with Crippen LogP contribution in [0.5, 0.6) is 0 Å². The third-order valence-corrected chi connectivity index (χ3v) is 5.45. The average molecular weight is 339 g/mol. The number of hydrogen-bond donors (Lipinski definition) is 0. The maximum Gasteiger partial charge on any atom is 0.247 e. The second kappa shape index (κ2) is 6.86. The summed E-state index contributed by atoms with van der Waals surface area (Å²) in [6.07, 6.45) is 5.13. The molecule has 0 radical (unpaired) electrons. The first kappa shape index (κ1) is 16.9. The smallest absolute Gasteiger partial charge is 0.247 e. The van der Waals surface area contributed by atoms with Crippen LogP contribution in [0.15, 0.2) is 23.9 Å². The van der Waals surface area contributed by atoms with Crippen LogP contribution in [-0.2, 0) is 23.7 Å². The highest BCUT2D eigenvalue weighted by Gasteiger charge is 2.54. The van der Waals surface area contributed by atoms with E-state index in [1.807, 2.05) is 17.1 Å². The molecule has 3 aliphatic heterocycles. The van der Waals surface area contributed by atoms with Crippen LogP contribution in [0.3, 0.4) is 0 Å². The topological polar surface area (TPSA) is 57.2 Å². The van der Waals surface area contributed by atoms with E-state index in [1.165, 1.54) is 0 Å². The van der Waals surface area contributed by atoms with Crippen molar-refractivity contribution in [3.05, 3.63) is 23.9 Å². The van der Waals surface area contributed by atoms with Gasteiger partial charge >= 0.3 is 0 Å². The van der Waals surface area contributed by atoms with Gasteiger partial charge in [-0.3, -0.25) is 4.79 Å². The lowest BCUT2D eigenvalue weighted by atomic mass is 10.1. The molecule has 3 aliphatic rings. The Morgan fingerprint density at radius 1 is 1.00 bits per heavy atom. The van der Waals surface area contributed by atoms with Crippen LogP contribution in [0.2, 0.25) is 19.6 Å². The molecule has 128 valence electrons. The van der Waals surface area contributed by atoms with Gasteiger partial charge in [0.05, 0.1) is 33.4 Å². The zero-order chi connectivity index (χ0) is 16.4. The molecule has 6 nitrogen and oxygen atoms in total. The number of nitrogens with zero attached hydrogens (tertiary/aromatic N) is 1. The zero-order valence-electron chi connectivity index (χ0n) is 13.9. The van der Waals surface area contributed by atoms with Gasteiger partial charge in [-0.25, -0.2) is 0 Å². The van der Waals surface area contributed by atoms with Gasteiger partial charge in [0.2, 0.25) is 5.91 Å². The molecule has 4 atom stereocenters. The molecule has 0 aromatic carbocycles. The van der Waals surface area contributed by atoms with Gasteiger partial charge in [-0.05, 0) is 0 Å². The third kappa shape index (κ3) is 3.75. The number of hydrogen-bond acceptors (Lipinski definition) is 5. The largest absolute Gasteiger partial charge is 0.353 e. The van der Waals surface area contributed by atoms with Crippen LogP contribution >= 0.6 is 0 Å². The summed E-state index contributed by atoms with van der Waals surface area (Å²) < 4.78 is 22.2. The summed E-state index contributed by atoms with van der Waals surface area (Å²) in [7, 11) is -1.25. The van der Waals surface area contributed by atoms with E-state index in [1.54, 1.807) is 6.08 Å². The van der Waals surface area contributed by atoms with Crippen molar-refractivity contribution in [2.24, 2.45) is 0 Å². The van der Waals surface area contributed by atoms with E-state index in [2.05, 4.69) is 25.3 Å². The first-order valence-electron chi connectivity index (χ1n) is 8.04. The number of allylic oxidation sites excluding steroid dienone is 2. The number of amides is 1. The van der Waals surface area contributed by atoms with Gasteiger partial charge in [0.25, 0.3) is 0 Å². The molecule has 0 N–H and O–H groups in total. The molecule has 0 bridgehead atoms. The standard InChI is InChI=1S/C16H25NO5Si/c1-23(2,3)7-5-4-6-14(18)17-12-8-19-10-21-15(12)16-13(17)9-20-11-22-16/h4-7,12-13,15-16H,8-11H2,1-3H3/b6-4+,7-5+/t12-,13-,15+,16+/m0/s1. The maximum absolute atomic E-state index is 12.7. The summed E-state index contributed by atoms with van der Waals surface area (Å²) in [4.78, 5) is 14.5. The fourth-order valence-electron chi connectivity index (χ4n) is 3.25. The number of fused-ring (bicyclic) bond motifs is 3. The summed E-state index contributed by atoms with van der Waals surface area (Å²) in [6, 6.07) is -0.225. The molecule has 0 aliphatic carbocycles. The summed E-state index contributed by atoms with van der Waals surface area (Å²) in [5.41, 5.74) is 2.20. The van der Waals surface area contributed by atoms with E-state index in [0.29, 0.717) is 13.2 Å². The SMILES string of the molecule is C[Si](C)(C)/C=C/C=C/C(=O)N1[C@H]2COCO[C@H]2[C@@H]2OCOC[C@@H]21. The molecule has 0 aromatic rings. The van der Waals surface area contributed by atoms with Crippen LogP contribution in [0.4, 0.5) is 0 Å². The molecule has 23 heavy (non-hydrogen) atoms. The van der Waals surface area contributed by atoms with Crippen molar-refractivity contribution in [1.82, 2.24) is 4.90 Å². The Kier molecular flexibility index (Phi) is 5.03.